The largest absolute Gasteiger partial charge is 0.504 e. The van der Waals surface area contributed by atoms with E-state index in [-0.39, 0.29) is 18.2 Å². The molecule has 2 N–H and O–H groups in total. The molecule has 0 fully saturated rings. The number of aliphatic carboxylic acids is 1. The SMILES string of the molecule is CCN(Cc1ccc(OC)c(O)c1)C(C)CC(=O)O. The van der Waals surface area contributed by atoms with Gasteiger partial charge in [0.2, 0.25) is 0 Å². The molecule has 0 aliphatic heterocycles. The van der Waals surface area contributed by atoms with E-state index in [2.05, 4.69) is 4.90 Å². The number of nitrogens with zero attached hydrogens (tertiary/aromatic N) is 1. The molecule has 1 aromatic carbocycles. The third-order valence-corrected chi connectivity index (χ3v) is 3.13. The van der Waals surface area contributed by atoms with Crippen molar-refractivity contribution in [1.29, 1.82) is 0 Å². The van der Waals surface area contributed by atoms with E-state index in [4.69, 9.17) is 9.84 Å². The number of methoxy groups -OCH3 is 1. The van der Waals surface area contributed by atoms with E-state index in [1.54, 1.807) is 12.1 Å². The van der Waals surface area contributed by atoms with E-state index in [9.17, 15) is 9.90 Å². The summed E-state index contributed by atoms with van der Waals surface area (Å²) in [6.07, 6.45) is 0.107. The Bertz CT molecular complexity index is 433. The third kappa shape index (κ3) is 4.44. The number of carboxylic acids is 1. The summed E-state index contributed by atoms with van der Waals surface area (Å²) in [7, 11) is 1.50. The maximum absolute atomic E-state index is 10.7. The highest BCUT2D eigenvalue weighted by Crippen LogP contribution is 2.27. The van der Waals surface area contributed by atoms with E-state index in [1.807, 2.05) is 19.9 Å². The lowest BCUT2D eigenvalue weighted by Crippen LogP contribution is -2.34. The zero-order chi connectivity index (χ0) is 14.4. The molecule has 0 heterocycles. The van der Waals surface area contributed by atoms with Crippen LogP contribution in [0.1, 0.15) is 25.8 Å². The van der Waals surface area contributed by atoms with Crippen LogP contribution in [-0.4, -0.2) is 40.8 Å². The van der Waals surface area contributed by atoms with Crippen LogP contribution in [0.3, 0.4) is 0 Å². The molecular weight excluding hydrogens is 246 g/mol. The fourth-order valence-corrected chi connectivity index (χ4v) is 2.03. The number of carbonyl (C=O) groups is 1. The molecule has 1 aromatic rings. The Morgan fingerprint density at radius 1 is 1.47 bits per heavy atom. The van der Waals surface area contributed by atoms with Gasteiger partial charge in [-0.2, -0.15) is 0 Å². The van der Waals surface area contributed by atoms with Gasteiger partial charge in [-0.15, -0.1) is 0 Å². The van der Waals surface area contributed by atoms with Crippen molar-refractivity contribution in [3.63, 3.8) is 0 Å². The summed E-state index contributed by atoms with van der Waals surface area (Å²) >= 11 is 0. The van der Waals surface area contributed by atoms with Crippen molar-refractivity contribution in [2.75, 3.05) is 13.7 Å². The molecular formula is C14H21NO4. The number of carboxylic acid groups (broad SMARTS) is 1. The monoisotopic (exact) mass is 267 g/mol. The Labute approximate surface area is 113 Å². The second-order valence-electron chi connectivity index (χ2n) is 4.52. The molecule has 0 aromatic heterocycles. The van der Waals surface area contributed by atoms with Crippen molar-refractivity contribution in [2.45, 2.75) is 32.9 Å². The summed E-state index contributed by atoms with van der Waals surface area (Å²) in [5, 5.41) is 18.5. The minimum absolute atomic E-state index is 0.0493. The zero-order valence-electron chi connectivity index (χ0n) is 11.6. The van der Waals surface area contributed by atoms with Crippen LogP contribution >= 0.6 is 0 Å². The van der Waals surface area contributed by atoms with Crippen LogP contribution in [0.15, 0.2) is 18.2 Å². The topological polar surface area (TPSA) is 70.0 Å². The number of phenols is 1. The summed E-state index contributed by atoms with van der Waals surface area (Å²) < 4.78 is 4.99. The molecule has 1 rings (SSSR count). The fraction of sp³-hybridized carbons (Fsp3) is 0.500. The van der Waals surface area contributed by atoms with E-state index in [0.29, 0.717) is 12.3 Å². The number of rotatable bonds is 7. The van der Waals surface area contributed by atoms with Gasteiger partial charge in [0.05, 0.1) is 13.5 Å². The lowest BCUT2D eigenvalue weighted by molar-refractivity contribution is -0.138. The highest BCUT2D eigenvalue weighted by atomic mass is 16.5. The fourth-order valence-electron chi connectivity index (χ4n) is 2.03. The predicted molar refractivity (Wildman–Crippen MR) is 72.5 cm³/mol. The minimum Gasteiger partial charge on any atom is -0.504 e. The number of hydrogen-bond acceptors (Lipinski definition) is 4. The molecule has 5 heteroatoms. The van der Waals surface area contributed by atoms with Gasteiger partial charge in [0.1, 0.15) is 0 Å². The molecule has 0 saturated carbocycles. The molecule has 0 saturated heterocycles. The standard InChI is InChI=1S/C14H21NO4/c1-4-15(10(2)7-14(17)18)9-11-5-6-13(19-3)12(16)8-11/h5-6,8,10,16H,4,7,9H2,1-3H3,(H,17,18). The molecule has 0 radical (unpaired) electrons. The first-order valence-electron chi connectivity index (χ1n) is 6.29. The first-order chi connectivity index (χ1) is 8.97. The van der Waals surface area contributed by atoms with Gasteiger partial charge < -0.3 is 14.9 Å². The Morgan fingerprint density at radius 3 is 2.63 bits per heavy atom. The van der Waals surface area contributed by atoms with Gasteiger partial charge in [-0.1, -0.05) is 13.0 Å². The quantitative estimate of drug-likeness (QED) is 0.791. The van der Waals surface area contributed by atoms with Crippen LogP contribution < -0.4 is 4.74 Å². The molecule has 0 spiro atoms. The first kappa shape index (κ1) is 15.3. The number of benzene rings is 1. The Morgan fingerprint density at radius 2 is 2.16 bits per heavy atom. The van der Waals surface area contributed by atoms with Crippen molar-refractivity contribution in [1.82, 2.24) is 4.90 Å². The van der Waals surface area contributed by atoms with Gasteiger partial charge in [0.25, 0.3) is 0 Å². The van der Waals surface area contributed by atoms with Crippen LogP contribution in [-0.2, 0) is 11.3 Å². The highest BCUT2D eigenvalue weighted by Gasteiger charge is 2.16. The Hall–Kier alpha value is -1.75. The van der Waals surface area contributed by atoms with E-state index >= 15 is 0 Å². The second kappa shape index (κ2) is 6.99. The molecule has 1 atom stereocenters. The predicted octanol–water partition coefficient (Wildman–Crippen LogP) is 2.09. The van der Waals surface area contributed by atoms with Crippen LogP contribution in [0.25, 0.3) is 0 Å². The van der Waals surface area contributed by atoms with Crippen molar-refractivity contribution in [3.05, 3.63) is 23.8 Å². The number of aromatic hydroxyl groups is 1. The lowest BCUT2D eigenvalue weighted by Gasteiger charge is -2.26. The summed E-state index contributed by atoms with van der Waals surface area (Å²) in [4.78, 5) is 12.8. The van der Waals surface area contributed by atoms with Crippen molar-refractivity contribution >= 4 is 5.97 Å². The Kier molecular flexibility index (Phi) is 5.63. The van der Waals surface area contributed by atoms with Gasteiger partial charge in [0.15, 0.2) is 11.5 Å². The van der Waals surface area contributed by atoms with Crippen molar-refractivity contribution in [3.8, 4) is 11.5 Å². The van der Waals surface area contributed by atoms with E-state index < -0.39 is 5.97 Å². The average molecular weight is 267 g/mol. The maximum Gasteiger partial charge on any atom is 0.304 e. The van der Waals surface area contributed by atoms with Gasteiger partial charge in [-0.25, -0.2) is 0 Å². The molecule has 0 amide bonds. The molecule has 1 unspecified atom stereocenters. The van der Waals surface area contributed by atoms with Crippen LogP contribution in [0.4, 0.5) is 0 Å². The smallest absolute Gasteiger partial charge is 0.304 e. The summed E-state index contributed by atoms with van der Waals surface area (Å²) in [5.41, 5.74) is 0.928. The third-order valence-electron chi connectivity index (χ3n) is 3.13. The van der Waals surface area contributed by atoms with E-state index in [0.717, 1.165) is 12.1 Å². The van der Waals surface area contributed by atoms with Crippen molar-refractivity contribution in [2.24, 2.45) is 0 Å². The van der Waals surface area contributed by atoms with Crippen molar-refractivity contribution < 1.29 is 19.7 Å². The van der Waals surface area contributed by atoms with Gasteiger partial charge in [-0.3, -0.25) is 9.69 Å². The van der Waals surface area contributed by atoms with E-state index in [1.165, 1.54) is 7.11 Å². The van der Waals surface area contributed by atoms with Gasteiger partial charge >= 0.3 is 5.97 Å². The van der Waals surface area contributed by atoms with Gasteiger partial charge in [0, 0.05) is 12.6 Å². The summed E-state index contributed by atoms with van der Waals surface area (Å²) in [5.74, 6) is -0.268. The normalized spacial score (nSPS) is 12.4. The second-order valence-corrected chi connectivity index (χ2v) is 4.52. The molecule has 0 aliphatic carbocycles. The highest BCUT2D eigenvalue weighted by molar-refractivity contribution is 5.67. The van der Waals surface area contributed by atoms with Crippen LogP contribution in [0.2, 0.25) is 0 Å². The molecule has 106 valence electrons. The van der Waals surface area contributed by atoms with Crippen LogP contribution in [0.5, 0.6) is 11.5 Å². The Balaban J connectivity index is 2.75. The van der Waals surface area contributed by atoms with Gasteiger partial charge in [-0.05, 0) is 31.2 Å². The molecule has 19 heavy (non-hydrogen) atoms. The average Bonchev–Trinajstić information content (AvgIpc) is 2.35. The van der Waals surface area contributed by atoms with Crippen LogP contribution in [0, 0.1) is 0 Å². The zero-order valence-corrected chi connectivity index (χ0v) is 11.6. The summed E-state index contributed by atoms with van der Waals surface area (Å²) in [6.45, 7) is 5.23. The molecule has 0 bridgehead atoms. The first-order valence-corrected chi connectivity index (χ1v) is 6.29. The maximum atomic E-state index is 10.7. The lowest BCUT2D eigenvalue weighted by atomic mass is 10.1. The number of hydrogen-bond donors (Lipinski definition) is 2. The summed E-state index contributed by atoms with van der Waals surface area (Å²) in [6, 6.07) is 5.18. The molecule has 0 aliphatic rings. The minimum atomic E-state index is -0.802. The number of phenolic OH excluding ortho intramolecular Hbond substituents is 1. The number of ether oxygens (including phenoxy) is 1. The molecule has 5 nitrogen and oxygen atoms in total.